The molecule has 0 heterocycles. The Kier molecular flexibility index (Phi) is 5.43. The number of hydrogen-bond donors (Lipinski definition) is 1. The normalized spacial score (nSPS) is 11.6. The summed E-state index contributed by atoms with van der Waals surface area (Å²) in [6.07, 6.45) is 0. The van der Waals surface area contributed by atoms with E-state index in [4.69, 9.17) is 0 Å². The number of benzene rings is 2. The number of hydrogen-bond acceptors (Lipinski definition) is 2. The van der Waals surface area contributed by atoms with Crippen molar-refractivity contribution in [2.24, 2.45) is 0 Å². The lowest BCUT2D eigenvalue weighted by Gasteiger charge is -2.20. The summed E-state index contributed by atoms with van der Waals surface area (Å²) in [5.41, 5.74) is 2.23. The summed E-state index contributed by atoms with van der Waals surface area (Å²) in [4.78, 5) is 0.707. The van der Waals surface area contributed by atoms with Gasteiger partial charge in [0.15, 0.2) is 0 Å². The first kappa shape index (κ1) is 16.1. The van der Waals surface area contributed by atoms with Crippen molar-refractivity contribution in [1.29, 1.82) is 0 Å². The van der Waals surface area contributed by atoms with Crippen LogP contribution in [0.1, 0.15) is 31.9 Å². The van der Waals surface area contributed by atoms with Crippen LogP contribution in [0.3, 0.4) is 0 Å². The maximum Gasteiger partial charge on any atom is 0.137 e. The van der Waals surface area contributed by atoms with Crippen LogP contribution in [0.4, 0.5) is 4.39 Å². The van der Waals surface area contributed by atoms with Gasteiger partial charge in [0.05, 0.1) is 0 Å². The van der Waals surface area contributed by atoms with Crippen molar-refractivity contribution < 1.29 is 4.39 Å². The molecule has 1 nitrogen and oxygen atoms in total. The first-order chi connectivity index (χ1) is 9.94. The zero-order chi connectivity index (χ0) is 15.3. The Bertz CT molecular complexity index is 576. The van der Waals surface area contributed by atoms with Gasteiger partial charge >= 0.3 is 0 Å². The molecule has 2 aromatic rings. The molecule has 0 aliphatic heterocycles. The maximum absolute atomic E-state index is 14.1. The SMILES string of the molecule is CC(C)(C)NCc1ccc(SCc2ccccc2)c(F)c1. The maximum atomic E-state index is 14.1. The average Bonchev–Trinajstić information content (AvgIpc) is 2.44. The number of halogens is 1. The average molecular weight is 303 g/mol. The largest absolute Gasteiger partial charge is 0.308 e. The Labute approximate surface area is 131 Å². The molecule has 0 unspecified atom stereocenters. The monoisotopic (exact) mass is 303 g/mol. The fraction of sp³-hybridized carbons (Fsp3) is 0.333. The summed E-state index contributed by atoms with van der Waals surface area (Å²) >= 11 is 1.54. The van der Waals surface area contributed by atoms with E-state index < -0.39 is 0 Å². The second-order valence-electron chi connectivity index (χ2n) is 6.14. The molecule has 21 heavy (non-hydrogen) atoms. The van der Waals surface area contributed by atoms with Gasteiger partial charge in [0.25, 0.3) is 0 Å². The van der Waals surface area contributed by atoms with Gasteiger partial charge in [-0.05, 0) is 44.0 Å². The van der Waals surface area contributed by atoms with Crippen LogP contribution < -0.4 is 5.32 Å². The van der Waals surface area contributed by atoms with Crippen LogP contribution in [-0.2, 0) is 12.3 Å². The van der Waals surface area contributed by atoms with E-state index in [1.165, 1.54) is 17.3 Å². The van der Waals surface area contributed by atoms with Gasteiger partial charge in [-0.2, -0.15) is 0 Å². The molecule has 0 saturated carbocycles. The molecule has 2 rings (SSSR count). The van der Waals surface area contributed by atoms with Crippen molar-refractivity contribution in [3.8, 4) is 0 Å². The summed E-state index contributed by atoms with van der Waals surface area (Å²) in [7, 11) is 0. The lowest BCUT2D eigenvalue weighted by Crippen LogP contribution is -2.35. The third-order valence-electron chi connectivity index (χ3n) is 3.06. The first-order valence-corrected chi connectivity index (χ1v) is 8.13. The molecule has 0 aliphatic carbocycles. The molecular weight excluding hydrogens is 281 g/mol. The van der Waals surface area contributed by atoms with Gasteiger partial charge in [0.2, 0.25) is 0 Å². The molecule has 0 spiro atoms. The van der Waals surface area contributed by atoms with E-state index in [2.05, 4.69) is 38.2 Å². The molecule has 1 N–H and O–H groups in total. The molecule has 3 heteroatoms. The van der Waals surface area contributed by atoms with Crippen molar-refractivity contribution in [1.82, 2.24) is 5.32 Å². The minimum absolute atomic E-state index is 0.0389. The van der Waals surface area contributed by atoms with E-state index in [9.17, 15) is 4.39 Å². The molecule has 0 saturated heterocycles. The number of thioether (sulfide) groups is 1. The summed E-state index contributed by atoms with van der Waals surface area (Å²) in [6, 6.07) is 15.6. The highest BCUT2D eigenvalue weighted by Gasteiger charge is 2.10. The lowest BCUT2D eigenvalue weighted by molar-refractivity contribution is 0.423. The minimum atomic E-state index is -0.135. The van der Waals surface area contributed by atoms with E-state index >= 15 is 0 Å². The van der Waals surface area contributed by atoms with Gasteiger partial charge < -0.3 is 5.32 Å². The predicted octanol–water partition coefficient (Wildman–Crippen LogP) is 5.01. The second kappa shape index (κ2) is 7.10. The molecule has 112 valence electrons. The zero-order valence-electron chi connectivity index (χ0n) is 12.8. The third-order valence-corrected chi connectivity index (χ3v) is 4.18. The topological polar surface area (TPSA) is 12.0 Å². The van der Waals surface area contributed by atoms with Crippen LogP contribution in [0, 0.1) is 5.82 Å². The third kappa shape index (κ3) is 5.52. The van der Waals surface area contributed by atoms with Crippen LogP contribution in [0.2, 0.25) is 0 Å². The Hall–Kier alpha value is -1.32. The van der Waals surface area contributed by atoms with Crippen molar-refractivity contribution in [3.05, 3.63) is 65.5 Å². The van der Waals surface area contributed by atoms with Crippen molar-refractivity contribution in [2.75, 3.05) is 0 Å². The first-order valence-electron chi connectivity index (χ1n) is 7.14. The molecule has 0 bridgehead atoms. The lowest BCUT2D eigenvalue weighted by atomic mass is 10.1. The summed E-state index contributed by atoms with van der Waals surface area (Å²) < 4.78 is 14.1. The van der Waals surface area contributed by atoms with Gasteiger partial charge in [-0.3, -0.25) is 0 Å². The van der Waals surface area contributed by atoms with Crippen LogP contribution in [-0.4, -0.2) is 5.54 Å². The molecule has 0 atom stereocenters. The van der Waals surface area contributed by atoms with Crippen molar-refractivity contribution >= 4 is 11.8 Å². The highest BCUT2D eigenvalue weighted by Crippen LogP contribution is 2.26. The van der Waals surface area contributed by atoms with Gasteiger partial charge in [0, 0.05) is 22.7 Å². The molecule has 0 aliphatic rings. The number of rotatable bonds is 5. The van der Waals surface area contributed by atoms with E-state index in [0.29, 0.717) is 11.4 Å². The van der Waals surface area contributed by atoms with Gasteiger partial charge in [-0.15, -0.1) is 11.8 Å². The Morgan fingerprint density at radius 1 is 1.00 bits per heavy atom. The van der Waals surface area contributed by atoms with E-state index in [0.717, 1.165) is 11.3 Å². The molecule has 0 radical (unpaired) electrons. The molecule has 0 aromatic heterocycles. The summed E-state index contributed by atoms with van der Waals surface area (Å²) in [5.74, 6) is 0.654. The van der Waals surface area contributed by atoms with Crippen LogP contribution in [0.5, 0.6) is 0 Å². The highest BCUT2D eigenvalue weighted by molar-refractivity contribution is 7.98. The molecule has 0 amide bonds. The van der Waals surface area contributed by atoms with E-state index in [1.54, 1.807) is 6.07 Å². The highest BCUT2D eigenvalue weighted by atomic mass is 32.2. The standard InChI is InChI=1S/C18H22FNS/c1-18(2,3)20-12-15-9-10-17(16(19)11-15)21-13-14-7-5-4-6-8-14/h4-11,20H,12-13H2,1-3H3. The molecule has 2 aromatic carbocycles. The van der Waals surface area contributed by atoms with E-state index in [-0.39, 0.29) is 11.4 Å². The predicted molar refractivity (Wildman–Crippen MR) is 89.0 cm³/mol. The van der Waals surface area contributed by atoms with Crippen molar-refractivity contribution in [3.63, 3.8) is 0 Å². The van der Waals surface area contributed by atoms with E-state index in [1.807, 2.05) is 30.3 Å². The van der Waals surface area contributed by atoms with Crippen molar-refractivity contribution in [2.45, 2.75) is 43.5 Å². The Balaban J connectivity index is 1.96. The fourth-order valence-electron chi connectivity index (χ4n) is 1.87. The summed E-state index contributed by atoms with van der Waals surface area (Å²) in [6.45, 7) is 7.00. The molecule has 0 fully saturated rings. The van der Waals surface area contributed by atoms with Crippen LogP contribution >= 0.6 is 11.8 Å². The Morgan fingerprint density at radius 3 is 2.33 bits per heavy atom. The van der Waals surface area contributed by atoms with Crippen LogP contribution in [0.15, 0.2) is 53.4 Å². The summed E-state index contributed by atoms with van der Waals surface area (Å²) in [5, 5.41) is 3.37. The van der Waals surface area contributed by atoms with Gasteiger partial charge in [0.1, 0.15) is 5.82 Å². The number of nitrogens with one attached hydrogen (secondary N) is 1. The quantitative estimate of drug-likeness (QED) is 0.780. The van der Waals surface area contributed by atoms with Gasteiger partial charge in [-0.25, -0.2) is 4.39 Å². The smallest absolute Gasteiger partial charge is 0.137 e. The minimum Gasteiger partial charge on any atom is -0.308 e. The fourth-order valence-corrected chi connectivity index (χ4v) is 2.75. The van der Waals surface area contributed by atoms with Gasteiger partial charge in [-0.1, -0.05) is 36.4 Å². The molecular formula is C18H22FNS. The zero-order valence-corrected chi connectivity index (χ0v) is 13.6. The second-order valence-corrected chi connectivity index (χ2v) is 7.16. The van der Waals surface area contributed by atoms with Crippen LogP contribution in [0.25, 0.3) is 0 Å². The Morgan fingerprint density at radius 2 is 1.71 bits per heavy atom.